The minimum atomic E-state index is -5.13. The Morgan fingerprint density at radius 3 is 1.59 bits per heavy atom. The number of nitrogens with one attached hydrogen (secondary N) is 1. The van der Waals surface area contributed by atoms with Crippen LogP contribution in [-0.2, 0) is 12.4 Å². The second-order valence-corrected chi connectivity index (χ2v) is 14.1. The van der Waals surface area contributed by atoms with Crippen molar-refractivity contribution in [2.75, 3.05) is 26.2 Å². The van der Waals surface area contributed by atoms with Crippen molar-refractivity contribution < 1.29 is 31.1 Å². The van der Waals surface area contributed by atoms with E-state index in [4.69, 9.17) is 5.73 Å². The van der Waals surface area contributed by atoms with Crippen molar-refractivity contribution in [1.29, 1.82) is 0 Å². The van der Waals surface area contributed by atoms with Crippen LogP contribution in [-0.4, -0.2) is 53.0 Å². The number of carbonyl (C=O) groups excluding carboxylic acids is 1. The molecule has 2 atom stereocenters. The van der Waals surface area contributed by atoms with Gasteiger partial charge < -0.3 is 11.1 Å². The Bertz CT molecular complexity index is 1530. The molecule has 1 amide bonds. The SMILES string of the molecule is CC(C)(C(N)c1ccccc1)N1CCCC1.Cc1cc(C(F)(F)F)cc(C(F)(F)F)c1C(=O)NC(c1ccccc1)C(C)(C)N1CCCC1. The molecule has 0 aromatic heterocycles. The number of nitrogens with two attached hydrogens (primary N) is 1. The molecule has 0 spiro atoms. The molecule has 2 aliphatic heterocycles. The highest BCUT2D eigenvalue weighted by atomic mass is 19.4. The van der Waals surface area contributed by atoms with Crippen molar-refractivity contribution >= 4 is 5.91 Å². The van der Waals surface area contributed by atoms with Gasteiger partial charge in [-0.1, -0.05) is 60.7 Å². The molecule has 2 aliphatic rings. The van der Waals surface area contributed by atoms with E-state index in [0.717, 1.165) is 32.9 Å². The number of benzene rings is 3. The van der Waals surface area contributed by atoms with E-state index in [9.17, 15) is 31.1 Å². The van der Waals surface area contributed by atoms with E-state index in [1.807, 2.05) is 19.9 Å². The van der Waals surface area contributed by atoms with Crippen LogP contribution in [0.1, 0.15) is 104 Å². The number of hydrogen-bond acceptors (Lipinski definition) is 4. The fourth-order valence-electron chi connectivity index (χ4n) is 7.03. The summed E-state index contributed by atoms with van der Waals surface area (Å²) in [7, 11) is 0. The van der Waals surface area contributed by atoms with Crippen LogP contribution in [0.15, 0.2) is 72.8 Å². The highest BCUT2D eigenvalue weighted by Gasteiger charge is 2.43. The fourth-order valence-corrected chi connectivity index (χ4v) is 7.03. The predicted octanol–water partition coefficient (Wildman–Crippen LogP) is 8.94. The summed E-state index contributed by atoms with van der Waals surface area (Å²) in [5.41, 5.74) is 3.52. The first-order chi connectivity index (χ1) is 22.8. The highest BCUT2D eigenvalue weighted by molar-refractivity contribution is 5.97. The number of hydrogen-bond donors (Lipinski definition) is 2. The molecule has 11 heteroatoms. The number of likely N-dealkylation sites (tertiary alicyclic amines) is 2. The van der Waals surface area contributed by atoms with Gasteiger partial charge in [-0.25, -0.2) is 0 Å². The number of rotatable bonds is 8. The van der Waals surface area contributed by atoms with Crippen LogP contribution < -0.4 is 11.1 Å². The molecule has 2 saturated heterocycles. The van der Waals surface area contributed by atoms with Gasteiger partial charge in [0.2, 0.25) is 0 Å². The van der Waals surface area contributed by atoms with E-state index in [1.165, 1.54) is 31.5 Å². The van der Waals surface area contributed by atoms with Gasteiger partial charge in [-0.3, -0.25) is 14.6 Å². The molecule has 2 heterocycles. The van der Waals surface area contributed by atoms with Crippen molar-refractivity contribution in [3.63, 3.8) is 0 Å². The summed E-state index contributed by atoms with van der Waals surface area (Å²) < 4.78 is 80.7. The molecule has 2 unspecified atom stereocenters. The Kier molecular flexibility index (Phi) is 11.9. The second-order valence-electron chi connectivity index (χ2n) is 14.1. The van der Waals surface area contributed by atoms with Crippen molar-refractivity contribution in [3.8, 4) is 0 Å². The van der Waals surface area contributed by atoms with Gasteiger partial charge in [-0.2, -0.15) is 26.3 Å². The van der Waals surface area contributed by atoms with Crippen molar-refractivity contribution in [2.45, 2.75) is 95.8 Å². The lowest BCUT2D eigenvalue weighted by Gasteiger charge is -2.42. The number of nitrogens with zero attached hydrogens (tertiary/aromatic N) is 2. The third-order valence-electron chi connectivity index (χ3n) is 10.1. The Hall–Kier alpha value is -3.41. The molecular weight excluding hydrogens is 642 g/mol. The summed E-state index contributed by atoms with van der Waals surface area (Å²) in [5.74, 6) is -1.06. The lowest BCUT2D eigenvalue weighted by molar-refractivity contribution is -0.143. The Morgan fingerprint density at radius 2 is 1.14 bits per heavy atom. The molecule has 0 aliphatic carbocycles. The number of amides is 1. The van der Waals surface area contributed by atoms with Gasteiger partial charge in [-0.05, 0) is 115 Å². The third kappa shape index (κ3) is 9.04. The molecule has 5 nitrogen and oxygen atoms in total. The van der Waals surface area contributed by atoms with Gasteiger partial charge in [0, 0.05) is 17.1 Å². The minimum Gasteiger partial charge on any atom is -0.343 e. The van der Waals surface area contributed by atoms with Gasteiger partial charge in [-0.15, -0.1) is 0 Å². The van der Waals surface area contributed by atoms with Gasteiger partial charge in [0.15, 0.2) is 0 Å². The molecule has 49 heavy (non-hydrogen) atoms. The van der Waals surface area contributed by atoms with Crippen LogP contribution in [0.25, 0.3) is 0 Å². The summed E-state index contributed by atoms with van der Waals surface area (Å²) in [4.78, 5) is 17.9. The average Bonchev–Trinajstić information content (AvgIpc) is 3.79. The maximum atomic E-state index is 13.7. The standard InChI is InChI=1S/C24H26F6N2O.C14H22N2/c1-15-13-17(23(25,26)27)14-18(24(28,29)30)19(15)21(33)31-20(16-9-5-4-6-10-16)22(2,3)32-11-7-8-12-32;1-14(2,16-10-6-7-11-16)13(15)12-8-4-3-5-9-12/h4-6,9-10,13-14,20H,7-8,11-12H2,1-3H3,(H,31,33);3-5,8-9,13H,6-7,10-11,15H2,1-2H3. The molecule has 3 N–H and O–H groups in total. The summed E-state index contributed by atoms with van der Waals surface area (Å²) in [6, 6.07) is 19.3. The molecule has 3 aromatic rings. The van der Waals surface area contributed by atoms with E-state index in [0.29, 0.717) is 11.6 Å². The van der Waals surface area contributed by atoms with E-state index in [1.54, 1.807) is 30.3 Å². The smallest absolute Gasteiger partial charge is 0.343 e. The Balaban J connectivity index is 0.000000281. The number of halogens is 6. The zero-order valence-corrected chi connectivity index (χ0v) is 28.9. The van der Waals surface area contributed by atoms with Crippen LogP contribution in [0.2, 0.25) is 0 Å². The fraction of sp³-hybridized carbons (Fsp3) is 0.500. The minimum absolute atomic E-state index is 0.00501. The summed E-state index contributed by atoms with van der Waals surface area (Å²) in [6.45, 7) is 13.3. The maximum Gasteiger partial charge on any atom is 0.417 e. The zero-order chi connectivity index (χ0) is 36.2. The first-order valence-electron chi connectivity index (χ1n) is 16.8. The largest absolute Gasteiger partial charge is 0.417 e. The quantitative estimate of drug-likeness (QED) is 0.232. The van der Waals surface area contributed by atoms with Crippen molar-refractivity contribution in [3.05, 3.63) is 106 Å². The van der Waals surface area contributed by atoms with Gasteiger partial charge >= 0.3 is 12.4 Å². The van der Waals surface area contributed by atoms with Gasteiger partial charge in [0.05, 0.1) is 22.7 Å². The number of carbonyl (C=O) groups is 1. The third-order valence-corrected chi connectivity index (χ3v) is 10.1. The Morgan fingerprint density at radius 1 is 0.694 bits per heavy atom. The zero-order valence-electron chi connectivity index (χ0n) is 28.9. The molecule has 5 rings (SSSR count). The number of alkyl halides is 6. The molecule has 3 aromatic carbocycles. The van der Waals surface area contributed by atoms with Crippen LogP contribution in [0.5, 0.6) is 0 Å². The van der Waals surface area contributed by atoms with Crippen LogP contribution in [0.3, 0.4) is 0 Å². The van der Waals surface area contributed by atoms with Gasteiger partial charge in [0.1, 0.15) is 0 Å². The molecule has 0 saturated carbocycles. The van der Waals surface area contributed by atoms with E-state index >= 15 is 0 Å². The van der Waals surface area contributed by atoms with Crippen LogP contribution in [0, 0.1) is 6.92 Å². The van der Waals surface area contributed by atoms with Crippen molar-refractivity contribution in [1.82, 2.24) is 15.1 Å². The lowest BCUT2D eigenvalue weighted by atomic mass is 9.86. The van der Waals surface area contributed by atoms with Crippen molar-refractivity contribution in [2.24, 2.45) is 5.73 Å². The van der Waals surface area contributed by atoms with E-state index in [-0.39, 0.29) is 23.2 Å². The number of aryl methyl sites for hydroxylation is 1. The molecular formula is C38H48F6N4O. The molecule has 268 valence electrons. The van der Waals surface area contributed by atoms with E-state index in [2.05, 4.69) is 53.2 Å². The average molecular weight is 691 g/mol. The maximum absolute atomic E-state index is 13.7. The Labute approximate surface area is 285 Å². The monoisotopic (exact) mass is 690 g/mol. The summed E-state index contributed by atoms with van der Waals surface area (Å²) >= 11 is 0. The topological polar surface area (TPSA) is 61.6 Å². The second kappa shape index (κ2) is 15.2. The summed E-state index contributed by atoms with van der Waals surface area (Å²) in [6.07, 6.45) is -5.55. The molecule has 2 fully saturated rings. The van der Waals surface area contributed by atoms with Gasteiger partial charge in [0.25, 0.3) is 5.91 Å². The lowest BCUT2D eigenvalue weighted by Crippen LogP contribution is -2.53. The first kappa shape index (κ1) is 38.4. The predicted molar refractivity (Wildman–Crippen MR) is 181 cm³/mol. The van der Waals surface area contributed by atoms with Crippen LogP contribution >= 0.6 is 0 Å². The van der Waals surface area contributed by atoms with Crippen LogP contribution in [0.4, 0.5) is 26.3 Å². The molecule has 0 bridgehead atoms. The molecule has 0 radical (unpaired) electrons. The van der Waals surface area contributed by atoms with E-state index < -0.39 is 46.5 Å². The summed E-state index contributed by atoms with van der Waals surface area (Å²) in [5, 5.41) is 2.72. The highest BCUT2D eigenvalue weighted by Crippen LogP contribution is 2.40. The normalized spacial score (nSPS) is 17.7. The first-order valence-corrected chi connectivity index (χ1v) is 16.8.